The number of fused-ring (bicyclic) bond motifs is 1. The molecule has 0 saturated heterocycles. The van der Waals surface area contributed by atoms with Crippen LogP contribution in [0.5, 0.6) is 5.75 Å². The topological polar surface area (TPSA) is 38.3 Å². The number of carbonyl (C=O) groups excluding carboxylic acids is 1. The van der Waals surface area contributed by atoms with E-state index in [-0.39, 0.29) is 5.91 Å². The summed E-state index contributed by atoms with van der Waals surface area (Å²) in [5.41, 5.74) is 3.42. The first-order valence-corrected chi connectivity index (χ1v) is 8.58. The van der Waals surface area contributed by atoms with Crippen molar-refractivity contribution in [1.82, 2.24) is 0 Å². The first-order valence-electron chi connectivity index (χ1n) is 7.79. The second-order valence-electron chi connectivity index (χ2n) is 5.93. The van der Waals surface area contributed by atoms with E-state index in [0.717, 1.165) is 21.5 Å². The molecule has 2 aromatic carbocycles. The van der Waals surface area contributed by atoms with Crippen LogP contribution in [-0.4, -0.2) is 5.91 Å². The number of ether oxygens (including phenoxy) is 1. The van der Waals surface area contributed by atoms with Gasteiger partial charge in [0.05, 0.1) is 6.26 Å². The van der Waals surface area contributed by atoms with Crippen LogP contribution in [0, 0.1) is 0 Å². The molecule has 1 heterocycles. The molecule has 3 nitrogen and oxygen atoms in total. The van der Waals surface area contributed by atoms with Crippen LogP contribution in [0.1, 0.15) is 30.9 Å². The monoisotopic (exact) mass is 383 g/mol. The largest absolute Gasteiger partial charge is 0.464 e. The van der Waals surface area contributed by atoms with E-state index in [1.807, 2.05) is 48.5 Å². The van der Waals surface area contributed by atoms with E-state index in [2.05, 4.69) is 35.1 Å². The summed E-state index contributed by atoms with van der Waals surface area (Å²) < 4.78 is 6.48. The van der Waals surface area contributed by atoms with Gasteiger partial charge in [-0.25, -0.2) is 0 Å². The van der Waals surface area contributed by atoms with Gasteiger partial charge in [-0.05, 0) is 54.0 Å². The van der Waals surface area contributed by atoms with Crippen molar-refractivity contribution in [1.29, 1.82) is 0 Å². The number of nitrogens with one attached hydrogen (secondary N) is 1. The average Bonchev–Trinajstić information content (AvgIpc) is 2.77. The van der Waals surface area contributed by atoms with Crippen molar-refractivity contribution in [2.45, 2.75) is 19.8 Å². The zero-order chi connectivity index (χ0) is 17.1. The Hall–Kier alpha value is -2.33. The van der Waals surface area contributed by atoms with Crippen molar-refractivity contribution in [3.05, 3.63) is 76.0 Å². The maximum atomic E-state index is 12.5. The summed E-state index contributed by atoms with van der Waals surface area (Å²) in [6.07, 6.45) is 5.03. The number of anilines is 1. The predicted octanol–water partition coefficient (Wildman–Crippen LogP) is 5.50. The van der Waals surface area contributed by atoms with Gasteiger partial charge < -0.3 is 10.1 Å². The van der Waals surface area contributed by atoms with Gasteiger partial charge in [-0.1, -0.05) is 41.9 Å². The molecule has 24 heavy (non-hydrogen) atoms. The lowest BCUT2D eigenvalue weighted by Gasteiger charge is -2.09. The fourth-order valence-corrected chi connectivity index (χ4v) is 2.81. The van der Waals surface area contributed by atoms with Gasteiger partial charge in [-0.15, -0.1) is 0 Å². The minimum absolute atomic E-state index is 0.167. The van der Waals surface area contributed by atoms with Crippen LogP contribution in [0.3, 0.4) is 0 Å². The molecular weight excluding hydrogens is 366 g/mol. The second-order valence-corrected chi connectivity index (χ2v) is 6.85. The Morgan fingerprint density at radius 3 is 2.58 bits per heavy atom. The molecule has 2 aromatic rings. The van der Waals surface area contributed by atoms with Crippen molar-refractivity contribution in [2.75, 3.05) is 5.32 Å². The third-order valence-corrected chi connectivity index (χ3v) is 4.32. The molecule has 0 radical (unpaired) electrons. The minimum atomic E-state index is -0.167. The van der Waals surface area contributed by atoms with Crippen molar-refractivity contribution in [3.63, 3.8) is 0 Å². The maximum Gasteiger partial charge on any atom is 0.255 e. The van der Waals surface area contributed by atoms with Gasteiger partial charge in [-0.3, -0.25) is 4.79 Å². The highest BCUT2D eigenvalue weighted by atomic mass is 79.9. The van der Waals surface area contributed by atoms with Gasteiger partial charge in [0.1, 0.15) is 5.75 Å². The molecule has 0 aliphatic carbocycles. The van der Waals surface area contributed by atoms with E-state index >= 15 is 0 Å². The molecule has 1 amide bonds. The smallest absolute Gasteiger partial charge is 0.255 e. The third kappa shape index (κ3) is 3.77. The van der Waals surface area contributed by atoms with Crippen LogP contribution in [0.4, 0.5) is 5.69 Å². The number of hydrogen-bond acceptors (Lipinski definition) is 2. The number of rotatable bonds is 3. The number of hydrogen-bond donors (Lipinski definition) is 1. The Labute approximate surface area is 150 Å². The summed E-state index contributed by atoms with van der Waals surface area (Å²) in [4.78, 5) is 12.5. The fraction of sp³-hybridized carbons (Fsp3) is 0.150. The summed E-state index contributed by atoms with van der Waals surface area (Å²) in [5.74, 6) is 1.02. The van der Waals surface area contributed by atoms with Crippen LogP contribution in [-0.2, 0) is 4.79 Å². The minimum Gasteiger partial charge on any atom is -0.464 e. The summed E-state index contributed by atoms with van der Waals surface area (Å²) in [5, 5.41) is 2.93. The second kappa shape index (κ2) is 7.05. The summed E-state index contributed by atoms with van der Waals surface area (Å²) >= 11 is 3.44. The molecule has 1 N–H and O–H groups in total. The Kier molecular flexibility index (Phi) is 4.86. The number of carbonyl (C=O) groups is 1. The SMILES string of the molecule is CC(C)c1ccc(NC(=O)C2=Cc3cc(Br)ccc3OC=C2)cc1. The van der Waals surface area contributed by atoms with E-state index in [4.69, 9.17) is 4.74 Å². The van der Waals surface area contributed by atoms with Crippen LogP contribution in [0.15, 0.2) is 64.8 Å². The molecule has 0 aromatic heterocycles. The molecule has 0 bridgehead atoms. The lowest BCUT2D eigenvalue weighted by molar-refractivity contribution is -0.112. The van der Waals surface area contributed by atoms with Crippen molar-refractivity contribution < 1.29 is 9.53 Å². The maximum absolute atomic E-state index is 12.5. The van der Waals surface area contributed by atoms with Gasteiger partial charge in [0, 0.05) is 21.3 Å². The molecule has 0 atom stereocenters. The van der Waals surface area contributed by atoms with E-state index < -0.39 is 0 Å². The van der Waals surface area contributed by atoms with Crippen LogP contribution < -0.4 is 10.1 Å². The molecule has 0 saturated carbocycles. The average molecular weight is 384 g/mol. The first kappa shape index (κ1) is 16.5. The Morgan fingerprint density at radius 1 is 1.12 bits per heavy atom. The molecule has 0 spiro atoms. The normalized spacial score (nSPS) is 12.9. The molecule has 1 aliphatic rings. The third-order valence-electron chi connectivity index (χ3n) is 3.82. The fourth-order valence-electron chi connectivity index (χ4n) is 2.43. The lowest BCUT2D eigenvalue weighted by Crippen LogP contribution is -2.13. The molecular formula is C20H18BrNO2. The molecule has 0 fully saturated rings. The van der Waals surface area contributed by atoms with Crippen LogP contribution >= 0.6 is 15.9 Å². The van der Waals surface area contributed by atoms with Crippen molar-refractivity contribution >= 4 is 33.6 Å². The van der Waals surface area contributed by atoms with E-state index in [1.165, 1.54) is 11.8 Å². The zero-order valence-electron chi connectivity index (χ0n) is 13.5. The molecule has 0 unspecified atom stereocenters. The standard InChI is InChI=1S/C20H18BrNO2/c1-13(2)14-3-6-18(7-4-14)22-20(23)15-9-10-24-19-8-5-17(21)12-16(19)11-15/h3-13H,1-2H3,(H,22,23). The highest BCUT2D eigenvalue weighted by molar-refractivity contribution is 9.10. The quantitative estimate of drug-likeness (QED) is 0.759. The zero-order valence-corrected chi connectivity index (χ0v) is 15.1. The van der Waals surface area contributed by atoms with E-state index in [1.54, 1.807) is 6.08 Å². The summed E-state index contributed by atoms with van der Waals surface area (Å²) in [7, 11) is 0. The Morgan fingerprint density at radius 2 is 1.88 bits per heavy atom. The van der Waals surface area contributed by atoms with Gasteiger partial charge in [0.25, 0.3) is 5.91 Å². The molecule has 4 heteroatoms. The van der Waals surface area contributed by atoms with Crippen LogP contribution in [0.25, 0.3) is 6.08 Å². The van der Waals surface area contributed by atoms with Gasteiger partial charge in [0.15, 0.2) is 0 Å². The van der Waals surface area contributed by atoms with Gasteiger partial charge >= 0.3 is 0 Å². The number of benzene rings is 2. The Balaban J connectivity index is 1.81. The van der Waals surface area contributed by atoms with Crippen molar-refractivity contribution in [2.24, 2.45) is 0 Å². The van der Waals surface area contributed by atoms with Crippen LogP contribution in [0.2, 0.25) is 0 Å². The number of amides is 1. The molecule has 3 rings (SSSR count). The number of halogens is 1. The predicted molar refractivity (Wildman–Crippen MR) is 101 cm³/mol. The highest BCUT2D eigenvalue weighted by Gasteiger charge is 2.12. The lowest BCUT2D eigenvalue weighted by atomic mass is 10.0. The molecule has 122 valence electrons. The molecule has 1 aliphatic heterocycles. The highest BCUT2D eigenvalue weighted by Crippen LogP contribution is 2.28. The summed E-state index contributed by atoms with van der Waals surface area (Å²) in [6, 6.07) is 13.6. The summed E-state index contributed by atoms with van der Waals surface area (Å²) in [6.45, 7) is 4.29. The van der Waals surface area contributed by atoms with Gasteiger partial charge in [0.2, 0.25) is 0 Å². The first-order chi connectivity index (χ1) is 11.5. The van der Waals surface area contributed by atoms with Crippen molar-refractivity contribution in [3.8, 4) is 5.75 Å². The van der Waals surface area contributed by atoms with Gasteiger partial charge in [-0.2, -0.15) is 0 Å². The van der Waals surface area contributed by atoms with E-state index in [9.17, 15) is 4.79 Å². The Bertz CT molecular complexity index is 820. The van der Waals surface area contributed by atoms with E-state index in [0.29, 0.717) is 11.5 Å².